The number of nitrogens with two attached hydrogens (primary N) is 1. The SMILES string of the molecule is COCCOC1[C@H](O)[C@H]([n+]2cn(C)c3c(=O)[nH]c(N)nc32)O[C@@H]1[C@@H](C)OP(=O)([O-])OP(=O)([O-])n1ccnc1.[Na+].[Na+]. The molecular formula is C18H26N7Na2O11P2+. The molecule has 1 saturated heterocycles. The molecule has 4 rings (SSSR count). The molecule has 1 aliphatic rings. The van der Waals surface area contributed by atoms with Crippen LogP contribution in [0.1, 0.15) is 13.2 Å². The number of ether oxygens (including phenoxy) is 3. The topological polar surface area (TPSA) is 245 Å². The van der Waals surface area contributed by atoms with E-state index in [4.69, 9.17) is 24.5 Å². The Balaban J connectivity index is 0.00000280. The summed E-state index contributed by atoms with van der Waals surface area (Å²) in [7, 11) is -7.63. The molecule has 40 heavy (non-hydrogen) atoms. The normalized spacial score (nSPS) is 24.6. The summed E-state index contributed by atoms with van der Waals surface area (Å²) in [6.45, 7) is 1.39. The summed E-state index contributed by atoms with van der Waals surface area (Å²) < 4.78 is 53.9. The van der Waals surface area contributed by atoms with Crippen molar-refractivity contribution in [3.63, 3.8) is 0 Å². The molecule has 1 aliphatic heterocycles. The zero-order valence-electron chi connectivity index (χ0n) is 22.3. The summed E-state index contributed by atoms with van der Waals surface area (Å²) in [5, 5.41) is 11.1. The first-order chi connectivity index (χ1) is 17.8. The number of aromatic nitrogens is 6. The molecule has 7 atom stereocenters. The van der Waals surface area contributed by atoms with Gasteiger partial charge in [0.15, 0.2) is 6.33 Å². The van der Waals surface area contributed by atoms with Crippen LogP contribution in [0.3, 0.4) is 0 Å². The Morgan fingerprint density at radius 2 is 2.02 bits per heavy atom. The number of hydrogen-bond donors (Lipinski definition) is 3. The van der Waals surface area contributed by atoms with Gasteiger partial charge in [-0.1, -0.05) is 4.98 Å². The number of aliphatic hydroxyl groups is 1. The van der Waals surface area contributed by atoms with Crippen LogP contribution in [0.2, 0.25) is 0 Å². The molecule has 4 N–H and O–H groups in total. The molecule has 3 unspecified atom stereocenters. The van der Waals surface area contributed by atoms with Gasteiger partial charge in [-0.25, -0.2) is 9.55 Å². The summed E-state index contributed by atoms with van der Waals surface area (Å²) >= 11 is 0. The molecule has 0 bridgehead atoms. The maximum absolute atomic E-state index is 12.5. The molecule has 3 aromatic rings. The van der Waals surface area contributed by atoms with Crippen LogP contribution >= 0.6 is 15.6 Å². The number of fused-ring (bicyclic) bond motifs is 1. The van der Waals surface area contributed by atoms with E-state index in [1.165, 1.54) is 29.5 Å². The van der Waals surface area contributed by atoms with Crippen LogP contribution < -0.4 is 84.8 Å². The van der Waals surface area contributed by atoms with Crippen molar-refractivity contribution in [3.8, 4) is 0 Å². The quantitative estimate of drug-likeness (QED) is 0.0777. The van der Waals surface area contributed by atoms with Crippen molar-refractivity contribution in [3.05, 3.63) is 35.4 Å². The summed E-state index contributed by atoms with van der Waals surface area (Å²) in [5.41, 5.74) is 5.36. The van der Waals surface area contributed by atoms with Crippen LogP contribution in [0, 0.1) is 0 Å². The van der Waals surface area contributed by atoms with E-state index < -0.39 is 51.8 Å². The largest absolute Gasteiger partial charge is 1.00 e. The monoisotopic (exact) mass is 624 g/mol. The smallest absolute Gasteiger partial charge is 0.761 e. The van der Waals surface area contributed by atoms with Gasteiger partial charge in [0, 0.05) is 19.5 Å². The number of nitrogen functional groups attached to an aromatic ring is 1. The maximum Gasteiger partial charge on any atom is 1.00 e. The van der Waals surface area contributed by atoms with Crippen LogP contribution in [-0.4, -0.2) is 73.7 Å². The van der Waals surface area contributed by atoms with Gasteiger partial charge in [0.25, 0.3) is 19.3 Å². The Labute approximate surface area is 271 Å². The zero-order valence-corrected chi connectivity index (χ0v) is 28.1. The number of phosphoric ester groups is 1. The van der Waals surface area contributed by atoms with Gasteiger partial charge < -0.3 is 39.4 Å². The number of phosphoric acid groups is 1. The van der Waals surface area contributed by atoms with Gasteiger partial charge in [0.05, 0.1) is 26.4 Å². The van der Waals surface area contributed by atoms with E-state index >= 15 is 0 Å². The number of H-pyrrole nitrogens is 1. The van der Waals surface area contributed by atoms with Crippen molar-refractivity contribution in [2.45, 2.75) is 37.6 Å². The fourth-order valence-electron chi connectivity index (χ4n) is 4.05. The maximum atomic E-state index is 12.5. The molecule has 0 saturated carbocycles. The number of nitrogens with one attached hydrogen (secondary N) is 1. The minimum atomic E-state index is -5.48. The number of nitrogens with zero attached hydrogens (tertiary/aromatic N) is 5. The molecule has 0 spiro atoms. The number of aromatic amines is 1. The first kappa shape index (κ1) is 35.7. The number of rotatable bonds is 11. The molecular weight excluding hydrogens is 598 g/mol. The Kier molecular flexibility index (Phi) is 12.8. The third-order valence-electron chi connectivity index (χ3n) is 5.65. The first-order valence-electron chi connectivity index (χ1n) is 11.1. The van der Waals surface area contributed by atoms with E-state index in [1.807, 2.05) is 0 Å². The van der Waals surface area contributed by atoms with E-state index in [9.17, 15) is 28.8 Å². The van der Waals surface area contributed by atoms with E-state index in [0.29, 0.717) is 4.34 Å². The number of aryl methyl sites for hydroxylation is 1. The van der Waals surface area contributed by atoms with Crippen molar-refractivity contribution >= 4 is 32.7 Å². The zero-order chi connectivity index (χ0) is 27.8. The van der Waals surface area contributed by atoms with Gasteiger partial charge >= 0.3 is 64.8 Å². The van der Waals surface area contributed by atoms with Gasteiger partial charge in [-0.15, -0.1) is 0 Å². The van der Waals surface area contributed by atoms with E-state index in [-0.39, 0.29) is 89.4 Å². The Bertz CT molecular complexity index is 1440. The number of methoxy groups -OCH3 is 1. The molecule has 0 aromatic carbocycles. The van der Waals surface area contributed by atoms with E-state index in [2.05, 4.69) is 19.3 Å². The molecule has 0 amide bonds. The van der Waals surface area contributed by atoms with Crippen molar-refractivity contribution in [1.29, 1.82) is 0 Å². The van der Waals surface area contributed by atoms with Crippen molar-refractivity contribution < 1.29 is 111 Å². The first-order valence-corrected chi connectivity index (χ1v) is 14.0. The Hall–Kier alpha value is -0.500. The van der Waals surface area contributed by atoms with Crippen LogP contribution in [0.15, 0.2) is 29.8 Å². The molecule has 210 valence electrons. The fraction of sp³-hybridized carbons (Fsp3) is 0.556. The number of imidazole rings is 2. The van der Waals surface area contributed by atoms with Crippen molar-refractivity contribution in [2.24, 2.45) is 7.05 Å². The summed E-state index contributed by atoms with van der Waals surface area (Å²) in [5.74, 6) is -0.180. The van der Waals surface area contributed by atoms with Crippen LogP contribution in [0.5, 0.6) is 0 Å². The predicted molar refractivity (Wildman–Crippen MR) is 122 cm³/mol. The molecule has 18 nitrogen and oxygen atoms in total. The second-order valence-corrected chi connectivity index (χ2v) is 11.5. The summed E-state index contributed by atoms with van der Waals surface area (Å²) in [6, 6.07) is 0. The summed E-state index contributed by atoms with van der Waals surface area (Å²) in [6.07, 6.45) is -2.16. The fourth-order valence-corrected chi connectivity index (χ4v) is 6.49. The van der Waals surface area contributed by atoms with Gasteiger partial charge in [-0.05, 0) is 6.92 Å². The average Bonchev–Trinajstić information content (AvgIpc) is 3.52. The predicted octanol–water partition coefficient (Wildman–Crippen LogP) is -8.47. The van der Waals surface area contributed by atoms with Gasteiger partial charge in [0.1, 0.15) is 24.6 Å². The summed E-state index contributed by atoms with van der Waals surface area (Å²) in [4.78, 5) is 47.2. The molecule has 0 radical (unpaired) electrons. The molecule has 4 heterocycles. The molecule has 22 heteroatoms. The number of anilines is 1. The second-order valence-electron chi connectivity index (χ2n) is 8.32. The Morgan fingerprint density at radius 3 is 2.65 bits per heavy atom. The van der Waals surface area contributed by atoms with Gasteiger partial charge in [-0.2, -0.15) is 0 Å². The van der Waals surface area contributed by atoms with Crippen LogP contribution in [0.4, 0.5) is 5.95 Å². The Morgan fingerprint density at radius 1 is 1.32 bits per heavy atom. The third-order valence-corrected chi connectivity index (χ3v) is 8.66. The average molecular weight is 624 g/mol. The molecule has 0 aliphatic carbocycles. The minimum absolute atomic E-state index is 0. The number of hydrogen-bond acceptors (Lipinski definition) is 14. The second kappa shape index (κ2) is 14.3. The van der Waals surface area contributed by atoms with Crippen LogP contribution in [-0.2, 0) is 39.2 Å². The van der Waals surface area contributed by atoms with Gasteiger partial charge in [-0.3, -0.25) is 32.1 Å². The third kappa shape index (κ3) is 7.71. The minimum Gasteiger partial charge on any atom is -0.761 e. The van der Waals surface area contributed by atoms with Crippen LogP contribution in [0.25, 0.3) is 11.2 Å². The van der Waals surface area contributed by atoms with E-state index in [0.717, 1.165) is 18.7 Å². The van der Waals surface area contributed by atoms with Crippen molar-refractivity contribution in [1.82, 2.24) is 23.9 Å². The van der Waals surface area contributed by atoms with Gasteiger partial charge in [0.2, 0.25) is 19.5 Å². The van der Waals surface area contributed by atoms with E-state index in [1.54, 1.807) is 7.05 Å². The molecule has 3 aromatic heterocycles. The standard InChI is InChI=1S/C18H27N7O11P2.2Na/c1-10(35-38(30,31)36-37(28,29)24-5-4-20-8-24)13-14(33-7-6-32-3)12(26)17(34-13)25-9-23(2)11-15(25)21-18(19)22-16(11)27;;/h4-5,8-10,12-14,17,26H,6-7H2,1-3H3,(H4-,19,21,22,27,28,29,30,31);;/q;2*+1/p-1/t10-,12+,13-,14?,17-;;/m1../s1. The molecule has 1 fully saturated rings. The van der Waals surface area contributed by atoms with Crippen molar-refractivity contribution in [2.75, 3.05) is 26.1 Å². The number of aliphatic hydroxyl groups excluding tert-OH is 1.